The Labute approximate surface area is 99.4 Å². The molecule has 0 aliphatic carbocycles. The maximum absolute atomic E-state index is 13.2. The van der Waals surface area contributed by atoms with Crippen molar-refractivity contribution in [3.8, 4) is 0 Å². The van der Waals surface area contributed by atoms with Crippen LogP contribution in [0.15, 0.2) is 24.3 Å². The standard InChI is InChI=1S/C12H16FNO3/c13-11-4-2-1-3-10(11)5-6-14-12(16)9-17-8-7-15/h1-4,15H,5-9H2,(H,14,16). The first-order chi connectivity index (χ1) is 8.24. The lowest BCUT2D eigenvalue weighted by molar-refractivity contribution is -0.125. The molecule has 17 heavy (non-hydrogen) atoms. The number of rotatable bonds is 7. The zero-order valence-electron chi connectivity index (χ0n) is 9.49. The topological polar surface area (TPSA) is 58.6 Å². The van der Waals surface area contributed by atoms with E-state index in [2.05, 4.69) is 5.32 Å². The third-order valence-corrected chi connectivity index (χ3v) is 2.14. The molecule has 0 fully saturated rings. The fourth-order valence-corrected chi connectivity index (χ4v) is 1.32. The molecule has 0 saturated carbocycles. The van der Waals surface area contributed by atoms with Crippen molar-refractivity contribution in [2.45, 2.75) is 6.42 Å². The highest BCUT2D eigenvalue weighted by molar-refractivity contribution is 5.77. The van der Waals surface area contributed by atoms with Crippen LogP contribution in [0, 0.1) is 5.82 Å². The van der Waals surface area contributed by atoms with E-state index in [-0.39, 0.29) is 31.5 Å². The number of ether oxygens (including phenoxy) is 1. The Morgan fingerprint density at radius 1 is 1.41 bits per heavy atom. The molecule has 0 unspecified atom stereocenters. The summed E-state index contributed by atoms with van der Waals surface area (Å²) in [5.41, 5.74) is 0.573. The van der Waals surface area contributed by atoms with E-state index < -0.39 is 0 Å². The molecule has 0 atom stereocenters. The van der Waals surface area contributed by atoms with Gasteiger partial charge in [0.25, 0.3) is 0 Å². The molecule has 2 N–H and O–H groups in total. The predicted molar refractivity (Wildman–Crippen MR) is 61.0 cm³/mol. The van der Waals surface area contributed by atoms with Crippen molar-refractivity contribution in [2.75, 3.05) is 26.4 Å². The van der Waals surface area contributed by atoms with Crippen LogP contribution in [-0.4, -0.2) is 37.4 Å². The van der Waals surface area contributed by atoms with Gasteiger partial charge in [0, 0.05) is 6.54 Å². The summed E-state index contributed by atoms with van der Waals surface area (Å²) in [6.07, 6.45) is 0.443. The van der Waals surface area contributed by atoms with Crippen LogP contribution in [0.25, 0.3) is 0 Å². The van der Waals surface area contributed by atoms with Crippen molar-refractivity contribution in [3.63, 3.8) is 0 Å². The average molecular weight is 241 g/mol. The van der Waals surface area contributed by atoms with Crippen LogP contribution in [0.4, 0.5) is 4.39 Å². The van der Waals surface area contributed by atoms with E-state index >= 15 is 0 Å². The van der Waals surface area contributed by atoms with Gasteiger partial charge in [-0.15, -0.1) is 0 Å². The number of hydrogen-bond acceptors (Lipinski definition) is 3. The predicted octanol–water partition coefficient (Wildman–Crippen LogP) is 0.493. The fraction of sp³-hybridized carbons (Fsp3) is 0.417. The molecule has 4 nitrogen and oxygen atoms in total. The summed E-state index contributed by atoms with van der Waals surface area (Å²) in [5.74, 6) is -0.534. The number of halogens is 1. The summed E-state index contributed by atoms with van der Waals surface area (Å²) < 4.78 is 18.0. The van der Waals surface area contributed by atoms with Gasteiger partial charge in [-0.05, 0) is 18.1 Å². The van der Waals surface area contributed by atoms with Gasteiger partial charge in [0.05, 0.1) is 13.2 Å². The second-order valence-electron chi connectivity index (χ2n) is 3.47. The second kappa shape index (κ2) is 7.76. The maximum Gasteiger partial charge on any atom is 0.246 e. The van der Waals surface area contributed by atoms with E-state index in [9.17, 15) is 9.18 Å². The fourth-order valence-electron chi connectivity index (χ4n) is 1.32. The first-order valence-corrected chi connectivity index (χ1v) is 5.42. The first-order valence-electron chi connectivity index (χ1n) is 5.42. The number of hydrogen-bond donors (Lipinski definition) is 2. The highest BCUT2D eigenvalue weighted by atomic mass is 19.1. The third kappa shape index (κ3) is 5.42. The van der Waals surface area contributed by atoms with E-state index in [0.29, 0.717) is 18.5 Å². The Morgan fingerprint density at radius 2 is 2.18 bits per heavy atom. The van der Waals surface area contributed by atoms with Crippen LogP contribution in [-0.2, 0) is 16.0 Å². The van der Waals surface area contributed by atoms with Gasteiger partial charge in [0.2, 0.25) is 5.91 Å². The second-order valence-corrected chi connectivity index (χ2v) is 3.47. The van der Waals surface area contributed by atoms with Gasteiger partial charge >= 0.3 is 0 Å². The lowest BCUT2D eigenvalue weighted by Crippen LogP contribution is -2.30. The summed E-state index contributed by atoms with van der Waals surface area (Å²) in [6.45, 7) is 0.309. The molecule has 0 bridgehead atoms. The smallest absolute Gasteiger partial charge is 0.246 e. The van der Waals surface area contributed by atoms with Crippen molar-refractivity contribution < 1.29 is 19.0 Å². The molecule has 94 valence electrons. The molecule has 1 aromatic rings. The minimum atomic E-state index is -0.269. The molecule has 0 radical (unpaired) electrons. The van der Waals surface area contributed by atoms with Crippen LogP contribution in [0.3, 0.4) is 0 Å². The van der Waals surface area contributed by atoms with Crippen molar-refractivity contribution >= 4 is 5.91 Å². The van der Waals surface area contributed by atoms with Gasteiger partial charge < -0.3 is 15.2 Å². The van der Waals surface area contributed by atoms with E-state index in [0.717, 1.165) is 0 Å². The number of benzene rings is 1. The quantitative estimate of drug-likeness (QED) is 0.683. The van der Waals surface area contributed by atoms with Gasteiger partial charge in [-0.2, -0.15) is 0 Å². The summed E-state index contributed by atoms with van der Waals surface area (Å²) >= 11 is 0. The number of aliphatic hydroxyl groups excluding tert-OH is 1. The Balaban J connectivity index is 2.19. The Morgan fingerprint density at radius 3 is 2.88 bits per heavy atom. The maximum atomic E-state index is 13.2. The molecule has 5 heteroatoms. The number of carbonyl (C=O) groups excluding carboxylic acids is 1. The summed E-state index contributed by atoms with van der Waals surface area (Å²) in [4.78, 5) is 11.2. The minimum Gasteiger partial charge on any atom is -0.394 e. The van der Waals surface area contributed by atoms with Crippen LogP contribution in [0.2, 0.25) is 0 Å². The molecule has 0 aromatic heterocycles. The zero-order chi connectivity index (χ0) is 12.5. The van der Waals surface area contributed by atoms with Gasteiger partial charge in [-0.25, -0.2) is 4.39 Å². The molecule has 0 heterocycles. The van der Waals surface area contributed by atoms with Crippen LogP contribution in [0.1, 0.15) is 5.56 Å². The minimum absolute atomic E-state index is 0.0855. The lowest BCUT2D eigenvalue weighted by atomic mass is 10.1. The van der Waals surface area contributed by atoms with E-state index in [1.54, 1.807) is 18.2 Å². The zero-order valence-corrected chi connectivity index (χ0v) is 9.49. The Kier molecular flexibility index (Phi) is 6.21. The van der Waals surface area contributed by atoms with Crippen LogP contribution >= 0.6 is 0 Å². The highest BCUT2D eigenvalue weighted by Crippen LogP contribution is 2.05. The van der Waals surface area contributed by atoms with Gasteiger partial charge in [-0.3, -0.25) is 4.79 Å². The lowest BCUT2D eigenvalue weighted by Gasteiger charge is -2.06. The molecule has 0 aliphatic heterocycles. The number of carbonyl (C=O) groups is 1. The Bertz CT molecular complexity index is 357. The first kappa shape index (κ1) is 13.6. The van der Waals surface area contributed by atoms with E-state index in [1.165, 1.54) is 6.07 Å². The van der Waals surface area contributed by atoms with Crippen LogP contribution < -0.4 is 5.32 Å². The highest BCUT2D eigenvalue weighted by Gasteiger charge is 2.03. The van der Waals surface area contributed by atoms with Crippen molar-refractivity contribution in [1.29, 1.82) is 0 Å². The number of aliphatic hydroxyl groups is 1. The molecule has 1 amide bonds. The van der Waals surface area contributed by atoms with E-state index in [1.807, 2.05) is 0 Å². The van der Waals surface area contributed by atoms with Gasteiger partial charge in [-0.1, -0.05) is 18.2 Å². The van der Waals surface area contributed by atoms with E-state index in [4.69, 9.17) is 9.84 Å². The summed E-state index contributed by atoms with van der Waals surface area (Å²) in [7, 11) is 0. The number of nitrogens with one attached hydrogen (secondary N) is 1. The summed E-state index contributed by atoms with van der Waals surface area (Å²) in [5, 5.41) is 11.0. The van der Waals surface area contributed by atoms with Crippen molar-refractivity contribution in [3.05, 3.63) is 35.6 Å². The molecule has 0 saturated heterocycles. The van der Waals surface area contributed by atoms with Gasteiger partial charge in [0.1, 0.15) is 12.4 Å². The normalized spacial score (nSPS) is 10.2. The van der Waals surface area contributed by atoms with Crippen molar-refractivity contribution in [2.24, 2.45) is 0 Å². The summed E-state index contributed by atoms with van der Waals surface area (Å²) in [6, 6.07) is 6.45. The van der Waals surface area contributed by atoms with Crippen LogP contribution in [0.5, 0.6) is 0 Å². The molecular formula is C12H16FNO3. The number of amides is 1. The molecule has 0 spiro atoms. The molecule has 0 aliphatic rings. The SMILES string of the molecule is O=C(COCCO)NCCc1ccccc1F. The van der Waals surface area contributed by atoms with Crippen molar-refractivity contribution in [1.82, 2.24) is 5.32 Å². The van der Waals surface area contributed by atoms with Gasteiger partial charge in [0.15, 0.2) is 0 Å². The monoisotopic (exact) mass is 241 g/mol. The third-order valence-electron chi connectivity index (χ3n) is 2.14. The molecular weight excluding hydrogens is 225 g/mol. The molecule has 1 rings (SSSR count). The Hall–Kier alpha value is -1.46. The largest absolute Gasteiger partial charge is 0.394 e. The molecule has 1 aromatic carbocycles. The average Bonchev–Trinajstić information content (AvgIpc) is 2.32.